The molecule has 0 bridgehead atoms. The minimum Gasteiger partial charge on any atom is -0.507 e. The van der Waals surface area contributed by atoms with Gasteiger partial charge in [0.1, 0.15) is 24.6 Å². The van der Waals surface area contributed by atoms with E-state index in [0.717, 1.165) is 72.5 Å². The highest BCUT2D eigenvalue weighted by molar-refractivity contribution is 5.84. The van der Waals surface area contributed by atoms with Crippen molar-refractivity contribution in [2.24, 2.45) is 9.98 Å². The average Bonchev–Trinajstić information content (AvgIpc) is 2.91. The lowest BCUT2D eigenvalue weighted by Gasteiger charge is -2.36. The van der Waals surface area contributed by atoms with Gasteiger partial charge < -0.3 is 19.2 Å². The van der Waals surface area contributed by atoms with Crippen LogP contribution in [-0.4, -0.2) is 84.0 Å². The second kappa shape index (κ2) is 14.1. The predicted molar refractivity (Wildman–Crippen MR) is 152 cm³/mol. The van der Waals surface area contributed by atoms with Crippen LogP contribution in [0.2, 0.25) is 0 Å². The van der Waals surface area contributed by atoms with Gasteiger partial charge in [-0.3, -0.25) is 9.98 Å². The van der Waals surface area contributed by atoms with Gasteiger partial charge in [0, 0.05) is 34.7 Å². The molecule has 0 spiro atoms. The van der Waals surface area contributed by atoms with Crippen molar-refractivity contribution in [3.63, 3.8) is 0 Å². The van der Waals surface area contributed by atoms with Crippen LogP contribution in [0.15, 0.2) is 46.4 Å². The van der Waals surface area contributed by atoms with Crippen molar-refractivity contribution in [2.75, 3.05) is 52.4 Å². The third-order valence-corrected chi connectivity index (χ3v) is 8.06. The largest absolute Gasteiger partial charge is 0.507 e. The van der Waals surface area contributed by atoms with Crippen molar-refractivity contribution in [2.45, 2.75) is 54.6 Å². The molecule has 36 heavy (non-hydrogen) atoms. The number of aromatic hydroxyl groups is 2. The van der Waals surface area contributed by atoms with Crippen LogP contribution in [-0.2, 0) is 13.1 Å². The van der Waals surface area contributed by atoms with Crippen molar-refractivity contribution in [3.8, 4) is 11.5 Å². The summed E-state index contributed by atoms with van der Waals surface area (Å²) in [4.78, 5) is 8.97. The number of rotatable bonds is 15. The molecule has 0 unspecified atom stereocenters. The van der Waals surface area contributed by atoms with Crippen molar-refractivity contribution < 1.29 is 19.2 Å². The van der Waals surface area contributed by atoms with Gasteiger partial charge in [-0.1, -0.05) is 0 Å². The maximum Gasteiger partial charge on any atom is 0.124 e. The zero-order valence-corrected chi connectivity index (χ0v) is 23.4. The minimum atomic E-state index is 0.246. The Labute approximate surface area is 218 Å². The molecule has 0 atom stereocenters. The van der Waals surface area contributed by atoms with E-state index in [-0.39, 0.29) is 11.5 Å². The molecular weight excluding hydrogens is 448 g/mol. The van der Waals surface area contributed by atoms with Crippen LogP contribution in [0.25, 0.3) is 0 Å². The van der Waals surface area contributed by atoms with Crippen molar-refractivity contribution >= 4 is 12.4 Å². The molecule has 2 aromatic rings. The monoisotopic (exact) mass is 496 g/mol. The molecule has 0 radical (unpaired) electrons. The summed E-state index contributed by atoms with van der Waals surface area (Å²) in [6, 6.07) is 11.6. The van der Waals surface area contributed by atoms with E-state index in [1.54, 1.807) is 24.6 Å². The SMILES string of the molecule is CC[N+](CC)(CC)Cc1ccc(O)c(C=NCCN=Cc2cc(C[N+](CC)(CC)CC)ccc2O)c1. The third kappa shape index (κ3) is 7.90. The Kier molecular flexibility index (Phi) is 11.6. The zero-order chi connectivity index (χ0) is 26.6. The fraction of sp³-hybridized carbons (Fsp3) is 0.533. The zero-order valence-electron chi connectivity index (χ0n) is 23.4. The summed E-state index contributed by atoms with van der Waals surface area (Å²) < 4.78 is 2.05. The van der Waals surface area contributed by atoms with E-state index in [2.05, 4.69) is 51.5 Å². The van der Waals surface area contributed by atoms with E-state index in [1.807, 2.05) is 24.3 Å². The Balaban J connectivity index is 2.01. The highest BCUT2D eigenvalue weighted by Gasteiger charge is 2.22. The van der Waals surface area contributed by atoms with Crippen molar-refractivity contribution in [1.29, 1.82) is 0 Å². The molecule has 0 aromatic heterocycles. The van der Waals surface area contributed by atoms with E-state index in [0.29, 0.717) is 13.1 Å². The first-order chi connectivity index (χ1) is 17.3. The van der Waals surface area contributed by atoms with Crippen molar-refractivity contribution in [3.05, 3.63) is 58.7 Å². The number of phenolic OH excluding ortho intramolecular Hbond substituents is 2. The molecular formula is C30H48N4O2+2. The van der Waals surface area contributed by atoms with Gasteiger partial charge in [-0.15, -0.1) is 0 Å². The summed E-state index contributed by atoms with van der Waals surface area (Å²) in [5.41, 5.74) is 3.91. The van der Waals surface area contributed by atoms with Crippen molar-refractivity contribution in [1.82, 2.24) is 0 Å². The lowest BCUT2D eigenvalue weighted by molar-refractivity contribution is -0.936. The van der Waals surface area contributed by atoms with Gasteiger partial charge in [-0.05, 0) is 77.9 Å². The van der Waals surface area contributed by atoms with Crippen LogP contribution in [0.1, 0.15) is 63.8 Å². The smallest absolute Gasteiger partial charge is 0.124 e. The van der Waals surface area contributed by atoms with E-state index in [4.69, 9.17) is 0 Å². The summed E-state index contributed by atoms with van der Waals surface area (Å²) in [5, 5.41) is 20.6. The summed E-state index contributed by atoms with van der Waals surface area (Å²) in [6.45, 7) is 22.9. The molecule has 0 aliphatic carbocycles. The minimum absolute atomic E-state index is 0.246. The third-order valence-electron chi connectivity index (χ3n) is 8.06. The van der Waals surface area contributed by atoms with Crippen LogP contribution >= 0.6 is 0 Å². The topological polar surface area (TPSA) is 65.2 Å². The Bertz CT molecular complexity index is 910. The van der Waals surface area contributed by atoms with Gasteiger partial charge in [-0.25, -0.2) is 0 Å². The fourth-order valence-electron chi connectivity index (χ4n) is 4.84. The first kappa shape index (κ1) is 29.5. The van der Waals surface area contributed by atoms with Crippen LogP contribution in [0.3, 0.4) is 0 Å². The Morgan fingerprint density at radius 3 is 1.22 bits per heavy atom. The highest BCUT2D eigenvalue weighted by atomic mass is 16.3. The van der Waals surface area contributed by atoms with Crippen LogP contribution in [0, 0.1) is 0 Å². The Morgan fingerprint density at radius 1 is 0.583 bits per heavy atom. The number of benzene rings is 2. The van der Waals surface area contributed by atoms with Gasteiger partial charge in [0.25, 0.3) is 0 Å². The van der Waals surface area contributed by atoms with Gasteiger partial charge in [0.2, 0.25) is 0 Å². The normalized spacial score (nSPS) is 12.7. The molecule has 0 saturated carbocycles. The summed E-state index contributed by atoms with van der Waals surface area (Å²) in [5.74, 6) is 0.493. The molecule has 2 rings (SSSR count). The molecule has 6 nitrogen and oxygen atoms in total. The Hall–Kier alpha value is -2.70. The molecule has 0 saturated heterocycles. The van der Waals surface area contributed by atoms with Gasteiger partial charge in [0.05, 0.1) is 52.4 Å². The predicted octanol–water partition coefficient (Wildman–Crippen LogP) is 5.39. The molecule has 0 heterocycles. The molecule has 0 aliphatic rings. The highest BCUT2D eigenvalue weighted by Crippen LogP contribution is 2.22. The number of nitrogens with zero attached hydrogens (tertiary/aromatic N) is 4. The lowest BCUT2D eigenvalue weighted by atomic mass is 10.1. The van der Waals surface area contributed by atoms with Gasteiger partial charge in [0.15, 0.2) is 0 Å². The molecule has 2 aromatic carbocycles. The molecule has 0 aliphatic heterocycles. The maximum atomic E-state index is 10.3. The van der Waals surface area contributed by atoms with E-state index < -0.39 is 0 Å². The number of hydrogen-bond donors (Lipinski definition) is 2. The van der Waals surface area contributed by atoms with Crippen LogP contribution < -0.4 is 0 Å². The van der Waals surface area contributed by atoms with E-state index in [1.165, 1.54) is 11.1 Å². The fourth-order valence-corrected chi connectivity index (χ4v) is 4.84. The standard InChI is InChI=1S/C30H46N4O2/c1-7-33(8-2,9-3)23-25-13-15-29(35)27(19-25)21-31-17-18-32-22-28-20-26(14-16-30(28)36)24-34(10-4,11-5)12-6/h13-16,19-22H,7-12,17-18,23-24H2,1-6H3/p+2. The quantitative estimate of drug-likeness (QED) is 0.197. The van der Waals surface area contributed by atoms with Gasteiger partial charge in [-0.2, -0.15) is 0 Å². The second-order valence-electron chi connectivity index (χ2n) is 9.75. The molecule has 0 amide bonds. The van der Waals surface area contributed by atoms with Crippen LogP contribution in [0.4, 0.5) is 0 Å². The Morgan fingerprint density at radius 2 is 0.917 bits per heavy atom. The number of quaternary nitrogens is 2. The number of phenols is 2. The van der Waals surface area contributed by atoms with E-state index >= 15 is 0 Å². The van der Waals surface area contributed by atoms with Gasteiger partial charge >= 0.3 is 0 Å². The van der Waals surface area contributed by atoms with Crippen LogP contribution in [0.5, 0.6) is 11.5 Å². The van der Waals surface area contributed by atoms with E-state index in [9.17, 15) is 10.2 Å². The summed E-state index contributed by atoms with van der Waals surface area (Å²) >= 11 is 0. The molecule has 198 valence electrons. The first-order valence-corrected chi connectivity index (χ1v) is 13.6. The number of hydrogen-bond acceptors (Lipinski definition) is 4. The summed E-state index contributed by atoms with van der Waals surface area (Å²) in [7, 11) is 0. The second-order valence-corrected chi connectivity index (χ2v) is 9.75. The molecule has 0 fully saturated rings. The first-order valence-electron chi connectivity index (χ1n) is 13.6. The number of aliphatic imine (C=N–C) groups is 2. The lowest BCUT2D eigenvalue weighted by Crippen LogP contribution is -2.46. The average molecular weight is 497 g/mol. The molecule has 2 N–H and O–H groups in total. The maximum absolute atomic E-state index is 10.3. The summed E-state index contributed by atoms with van der Waals surface area (Å²) in [6.07, 6.45) is 3.48. The molecule has 6 heteroatoms.